The van der Waals surface area contributed by atoms with Crippen molar-refractivity contribution in [3.8, 4) is 0 Å². The lowest BCUT2D eigenvalue weighted by atomic mass is 10.0. The molecule has 1 heteroatoms. The van der Waals surface area contributed by atoms with E-state index in [2.05, 4.69) is 86.8 Å². The van der Waals surface area contributed by atoms with Gasteiger partial charge < -0.3 is 5.11 Å². The van der Waals surface area contributed by atoms with Crippen LogP contribution in [-0.2, 0) is 0 Å². The number of hydrogen-bond acceptors (Lipinski definition) is 1. The molecule has 0 unspecified atom stereocenters. The lowest BCUT2D eigenvalue weighted by molar-refractivity contribution is 0.148. The van der Waals surface area contributed by atoms with E-state index in [9.17, 15) is 5.11 Å². The molecule has 0 saturated heterocycles. The van der Waals surface area contributed by atoms with Crippen LogP contribution in [0, 0.1) is 0 Å². The molecular formula is C35H60O. The normalized spacial score (nSPS) is 13.8. The molecule has 0 heterocycles. The Morgan fingerprint density at radius 1 is 0.389 bits per heavy atom. The fraction of sp³-hybridized carbons (Fsp3) is 0.657. The van der Waals surface area contributed by atoms with Gasteiger partial charge in [-0.1, -0.05) is 125 Å². The summed E-state index contributed by atoms with van der Waals surface area (Å²) in [6, 6.07) is 0. The summed E-state index contributed by atoms with van der Waals surface area (Å²) < 4.78 is 0. The smallest absolute Gasteiger partial charge is 0.0540 e. The van der Waals surface area contributed by atoms with E-state index in [4.69, 9.17) is 0 Å². The Bertz CT molecular complexity index is 538. The predicted octanol–water partition coefficient (Wildman–Crippen LogP) is 11.5. The maximum atomic E-state index is 10.2. The first kappa shape index (κ1) is 34.4. The number of rotatable bonds is 26. The van der Waals surface area contributed by atoms with Crippen molar-refractivity contribution in [3.05, 3.63) is 72.9 Å². The highest BCUT2D eigenvalue weighted by molar-refractivity contribution is 4.98. The fourth-order valence-corrected chi connectivity index (χ4v) is 4.01. The number of aliphatic hydroxyl groups excluding tert-OH is 1. The van der Waals surface area contributed by atoms with Crippen molar-refractivity contribution in [2.24, 2.45) is 0 Å². The zero-order valence-electron chi connectivity index (χ0n) is 24.1. The van der Waals surface area contributed by atoms with Crippen LogP contribution in [0.3, 0.4) is 0 Å². The minimum absolute atomic E-state index is 0.117. The van der Waals surface area contributed by atoms with Gasteiger partial charge in [-0.05, 0) is 89.9 Å². The first-order chi connectivity index (χ1) is 17.8. The molecule has 36 heavy (non-hydrogen) atoms. The van der Waals surface area contributed by atoms with Gasteiger partial charge in [0.2, 0.25) is 0 Å². The Kier molecular flexibility index (Phi) is 30.0. The molecule has 0 fully saturated rings. The zero-order valence-corrected chi connectivity index (χ0v) is 24.1. The molecule has 1 nitrogen and oxygen atoms in total. The highest BCUT2D eigenvalue weighted by Gasteiger charge is 2.02. The summed E-state index contributed by atoms with van der Waals surface area (Å²) >= 11 is 0. The molecule has 0 aromatic heterocycles. The minimum Gasteiger partial charge on any atom is -0.393 e. The average Bonchev–Trinajstić information content (AvgIpc) is 2.88. The Balaban J connectivity index is 3.45. The van der Waals surface area contributed by atoms with Gasteiger partial charge in [0.15, 0.2) is 0 Å². The lowest BCUT2D eigenvalue weighted by Crippen LogP contribution is -2.05. The van der Waals surface area contributed by atoms with Crippen LogP contribution in [0.15, 0.2) is 72.9 Å². The van der Waals surface area contributed by atoms with Gasteiger partial charge in [-0.3, -0.25) is 0 Å². The molecule has 0 aromatic carbocycles. The van der Waals surface area contributed by atoms with E-state index in [1.165, 1.54) is 64.2 Å². The van der Waals surface area contributed by atoms with E-state index in [1.54, 1.807) is 0 Å². The lowest BCUT2D eigenvalue weighted by Gasteiger charge is -2.09. The van der Waals surface area contributed by atoms with Gasteiger partial charge >= 0.3 is 0 Å². The van der Waals surface area contributed by atoms with Crippen molar-refractivity contribution in [2.75, 3.05) is 0 Å². The van der Waals surface area contributed by atoms with E-state index >= 15 is 0 Å². The van der Waals surface area contributed by atoms with Crippen LogP contribution in [-0.4, -0.2) is 11.2 Å². The third-order valence-corrected chi connectivity index (χ3v) is 6.35. The summed E-state index contributed by atoms with van der Waals surface area (Å²) in [5.74, 6) is 0. The second-order valence-corrected chi connectivity index (χ2v) is 9.99. The molecule has 0 radical (unpaired) electrons. The Morgan fingerprint density at radius 2 is 0.667 bits per heavy atom. The van der Waals surface area contributed by atoms with Gasteiger partial charge in [-0.25, -0.2) is 0 Å². The topological polar surface area (TPSA) is 20.2 Å². The third kappa shape index (κ3) is 30.4. The molecule has 0 bridgehead atoms. The van der Waals surface area contributed by atoms with Crippen LogP contribution in [0.4, 0.5) is 0 Å². The number of allylic oxidation sites excluding steroid dienone is 12. The fourth-order valence-electron chi connectivity index (χ4n) is 4.01. The average molecular weight is 497 g/mol. The van der Waals surface area contributed by atoms with Crippen LogP contribution in [0.2, 0.25) is 0 Å². The molecular weight excluding hydrogens is 436 g/mol. The van der Waals surface area contributed by atoms with Crippen LogP contribution in [0.5, 0.6) is 0 Å². The van der Waals surface area contributed by atoms with E-state index in [-0.39, 0.29) is 6.10 Å². The first-order valence-electron chi connectivity index (χ1n) is 15.4. The molecule has 0 atom stereocenters. The molecule has 0 saturated carbocycles. The first-order valence-corrected chi connectivity index (χ1v) is 15.4. The Morgan fingerprint density at radius 3 is 0.972 bits per heavy atom. The predicted molar refractivity (Wildman–Crippen MR) is 165 cm³/mol. The van der Waals surface area contributed by atoms with Gasteiger partial charge in [-0.2, -0.15) is 0 Å². The standard InChI is InChI=1S/C35H60O/c1-3-5-7-9-11-13-15-17-19-21-23-25-27-29-31-33-35(36)34-32-30-28-26-24-22-20-18-16-14-12-10-8-6-4-2/h11-14,17-20,23-26,35-36H,3-10,15-16,21-22,27-34H2,1-2H3. The monoisotopic (exact) mass is 496 g/mol. The second kappa shape index (κ2) is 31.4. The molecule has 0 aliphatic rings. The molecule has 206 valence electrons. The van der Waals surface area contributed by atoms with Gasteiger partial charge in [0.25, 0.3) is 0 Å². The summed E-state index contributed by atoms with van der Waals surface area (Å²) in [4.78, 5) is 0. The van der Waals surface area contributed by atoms with Gasteiger partial charge in [0.1, 0.15) is 0 Å². The molecule has 0 aliphatic heterocycles. The van der Waals surface area contributed by atoms with E-state index in [0.717, 1.165) is 64.2 Å². The number of aliphatic hydroxyl groups is 1. The van der Waals surface area contributed by atoms with Crippen molar-refractivity contribution in [3.63, 3.8) is 0 Å². The molecule has 1 N–H and O–H groups in total. The quantitative estimate of drug-likeness (QED) is 0.0932. The highest BCUT2D eigenvalue weighted by Crippen LogP contribution is 2.12. The minimum atomic E-state index is -0.117. The SMILES string of the molecule is CCCCCC=CCC=CCC=CCCCCC(O)CCCCC=CCC=CCC=CCCCCC. The number of hydrogen-bond donors (Lipinski definition) is 1. The molecule has 0 spiro atoms. The van der Waals surface area contributed by atoms with Crippen LogP contribution in [0.25, 0.3) is 0 Å². The second-order valence-electron chi connectivity index (χ2n) is 9.99. The summed E-state index contributed by atoms with van der Waals surface area (Å²) in [5, 5.41) is 10.2. The maximum Gasteiger partial charge on any atom is 0.0540 e. The van der Waals surface area contributed by atoms with E-state index in [1.807, 2.05) is 0 Å². The van der Waals surface area contributed by atoms with Crippen molar-refractivity contribution >= 4 is 0 Å². The third-order valence-electron chi connectivity index (χ3n) is 6.35. The zero-order chi connectivity index (χ0) is 26.2. The molecule has 0 amide bonds. The number of unbranched alkanes of at least 4 members (excludes halogenated alkanes) is 10. The maximum absolute atomic E-state index is 10.2. The highest BCUT2D eigenvalue weighted by atomic mass is 16.3. The van der Waals surface area contributed by atoms with Crippen LogP contribution >= 0.6 is 0 Å². The molecule has 0 aliphatic carbocycles. The summed E-state index contributed by atoms with van der Waals surface area (Å²) in [6.07, 6.45) is 50.6. The van der Waals surface area contributed by atoms with E-state index in [0.29, 0.717) is 0 Å². The van der Waals surface area contributed by atoms with Gasteiger partial charge in [-0.15, -0.1) is 0 Å². The molecule has 0 rings (SSSR count). The van der Waals surface area contributed by atoms with Crippen molar-refractivity contribution in [1.82, 2.24) is 0 Å². The largest absolute Gasteiger partial charge is 0.393 e. The van der Waals surface area contributed by atoms with Crippen LogP contribution in [0.1, 0.15) is 142 Å². The van der Waals surface area contributed by atoms with Crippen LogP contribution < -0.4 is 0 Å². The van der Waals surface area contributed by atoms with Crippen molar-refractivity contribution in [1.29, 1.82) is 0 Å². The van der Waals surface area contributed by atoms with Gasteiger partial charge in [0.05, 0.1) is 6.10 Å². The Labute approximate surface area is 226 Å². The van der Waals surface area contributed by atoms with Crippen molar-refractivity contribution < 1.29 is 5.11 Å². The van der Waals surface area contributed by atoms with Gasteiger partial charge in [0, 0.05) is 0 Å². The van der Waals surface area contributed by atoms with Crippen molar-refractivity contribution in [2.45, 2.75) is 148 Å². The summed E-state index contributed by atoms with van der Waals surface area (Å²) in [7, 11) is 0. The summed E-state index contributed by atoms with van der Waals surface area (Å²) in [6.45, 7) is 4.50. The summed E-state index contributed by atoms with van der Waals surface area (Å²) in [5.41, 5.74) is 0. The molecule has 0 aromatic rings. The Hall–Kier alpha value is -1.60. The van der Waals surface area contributed by atoms with E-state index < -0.39 is 0 Å².